The summed E-state index contributed by atoms with van der Waals surface area (Å²) >= 11 is 1.72. The number of amides is 1. The summed E-state index contributed by atoms with van der Waals surface area (Å²) in [5.74, 6) is 4.77. The normalized spacial score (nSPS) is 12.4. The second-order valence-corrected chi connectivity index (χ2v) is 44.1. The quantitative estimate of drug-likeness (QED) is 0.163. The van der Waals surface area contributed by atoms with Crippen LogP contribution in [0.2, 0.25) is 0 Å². The average Bonchev–Trinajstić information content (AvgIpc) is 1.72. The number of aliphatic imine (C=N–C) groups is 2. The standard InChI is InChI=1S/C9H15N.2C9H13N.C8H13N3O.C8H15N3.4C8H14N2.C8H13NO.C8H13NS.C7H13N3/c1-9(2,3)8-6-5-7-10(8)4;1-9(2,3)8-5-4-6-10-7-8;1-9(2,3)8-6-4-5-7-10-8;1-8(2,3)6-4-5(7(9)12)10-11-6;1-5-11-7(8(2,3)4)9-6-10-11;2*1-8(2,3)7-9-5-6-10(7)4;1-8(2,3)7-5-6-9-10(7)4;1-6-7(8(2,3)4)10-5-9-6;2*1-6-7(8(2,3)4)9-5-10-6;1-7(2,3)6-8-5-9-10(6)4/h5-7H,1-4H3;2*4-7H,1-3H3;4H,1-3H3,(H2,9,12)(H,10,11);6H,5H2,1-4H3;3*5-6H,1-4H3;5H2,1-4H3;3*5H,1-4H3. The lowest BCUT2D eigenvalue weighted by atomic mass is 9.88. The van der Waals surface area contributed by atoms with Crippen molar-refractivity contribution in [1.82, 2.24) is 93.1 Å². The van der Waals surface area contributed by atoms with Crippen LogP contribution in [0.3, 0.4) is 0 Å². The van der Waals surface area contributed by atoms with Crippen molar-refractivity contribution in [2.45, 2.75) is 343 Å². The number of rotatable bonds is 2. The van der Waals surface area contributed by atoms with E-state index >= 15 is 0 Å². The minimum Gasteiger partial charge on any atom is -0.448 e. The van der Waals surface area contributed by atoms with Crippen LogP contribution in [0.25, 0.3) is 0 Å². The molecule has 1 aliphatic heterocycles. The highest BCUT2D eigenvalue weighted by Gasteiger charge is 2.27. The van der Waals surface area contributed by atoms with Crippen molar-refractivity contribution in [3.63, 3.8) is 0 Å². The molecule has 0 radical (unpaired) electrons. The first-order valence-electron chi connectivity index (χ1n) is 42.6. The summed E-state index contributed by atoms with van der Waals surface area (Å²) in [7, 11) is 10.0. The van der Waals surface area contributed by atoms with Gasteiger partial charge < -0.3 is 23.9 Å². The number of aromatic amines is 1. The fourth-order valence-electron chi connectivity index (χ4n) is 12.3. The summed E-state index contributed by atoms with van der Waals surface area (Å²) in [4.78, 5) is 54.1. The van der Waals surface area contributed by atoms with Crippen molar-refractivity contribution < 1.29 is 9.21 Å². The van der Waals surface area contributed by atoms with Crippen LogP contribution in [0, 0.1) is 19.3 Å². The van der Waals surface area contributed by atoms with Gasteiger partial charge in [-0.1, -0.05) is 261 Å². The van der Waals surface area contributed by atoms with E-state index in [1.165, 1.54) is 33.9 Å². The Kier molecular flexibility index (Phi) is 42.5. The molecule has 0 aromatic carbocycles. The number of hydrogen-bond acceptors (Lipinski definition) is 17. The number of pyridine rings is 2. The summed E-state index contributed by atoms with van der Waals surface area (Å²) in [6.45, 7) is 87.2. The molecule has 0 saturated carbocycles. The Bertz CT molecular complexity index is 4300. The van der Waals surface area contributed by atoms with Gasteiger partial charge in [-0.2, -0.15) is 20.4 Å². The summed E-state index contributed by atoms with van der Waals surface area (Å²) in [6, 6.07) is 18.1. The van der Waals surface area contributed by atoms with E-state index in [2.05, 4.69) is 375 Å². The Morgan fingerprint density at radius 2 is 0.967 bits per heavy atom. The van der Waals surface area contributed by atoms with Gasteiger partial charge in [-0.05, 0) is 81.1 Å². The molecule has 1 aliphatic rings. The summed E-state index contributed by atoms with van der Waals surface area (Å²) < 4.78 is 17.0. The van der Waals surface area contributed by atoms with Crippen molar-refractivity contribution in [1.29, 1.82) is 0 Å². The maximum absolute atomic E-state index is 10.7. The van der Waals surface area contributed by atoms with Crippen LogP contribution in [-0.2, 0) is 101 Å². The maximum atomic E-state index is 10.7. The molecule has 3 N–H and O–H groups in total. The topological polar surface area (TPSA) is 281 Å². The van der Waals surface area contributed by atoms with Crippen molar-refractivity contribution in [3.8, 4) is 0 Å². The lowest BCUT2D eigenvalue weighted by molar-refractivity contribution is 0.0995. The monoisotopic (exact) mass is 1710 g/mol. The summed E-state index contributed by atoms with van der Waals surface area (Å²) in [5.41, 5.74) is 19.7. The predicted octanol–water partition coefficient (Wildman–Crippen LogP) is 22.7. The number of nitrogens with one attached hydrogen (secondary N) is 1. The van der Waals surface area contributed by atoms with Crippen LogP contribution >= 0.6 is 11.3 Å². The number of hydrogen-bond donors (Lipinski definition) is 2. The van der Waals surface area contributed by atoms with Gasteiger partial charge >= 0.3 is 0 Å². The van der Waals surface area contributed by atoms with Gasteiger partial charge in [0.15, 0.2) is 6.39 Å². The molecule has 0 saturated heterocycles. The van der Waals surface area contributed by atoms with Crippen molar-refractivity contribution in [2.75, 3.05) is 6.67 Å². The lowest BCUT2D eigenvalue weighted by Crippen LogP contribution is -2.24. The first kappa shape index (κ1) is 111. The van der Waals surface area contributed by atoms with E-state index in [1.54, 1.807) is 40.9 Å². The average molecular weight is 1710 g/mol. The Morgan fingerprint density at radius 1 is 0.447 bits per heavy atom. The van der Waals surface area contributed by atoms with Crippen LogP contribution in [-0.4, -0.2) is 117 Å². The Labute approximate surface area is 747 Å². The van der Waals surface area contributed by atoms with Crippen LogP contribution in [0.5, 0.6) is 0 Å². The van der Waals surface area contributed by atoms with Gasteiger partial charge in [0.1, 0.15) is 54.1 Å². The second kappa shape index (κ2) is 46.9. The molecule has 1 amide bonds. The van der Waals surface area contributed by atoms with E-state index in [0.717, 1.165) is 64.1 Å². The van der Waals surface area contributed by atoms with Gasteiger partial charge in [0.25, 0.3) is 5.91 Å². The first-order chi connectivity index (χ1) is 55.8. The fraction of sp³-hybridized carbons (Fsp3) is 0.602. The first-order valence-corrected chi connectivity index (χ1v) is 43.5. The van der Waals surface area contributed by atoms with Gasteiger partial charge in [-0.25, -0.2) is 34.6 Å². The largest absolute Gasteiger partial charge is 0.448 e. The molecule has 0 atom stereocenters. The molecule has 0 unspecified atom stereocenters. The molecular formula is C98H164N22O2S. The molecule has 24 nitrogen and oxygen atoms in total. The number of carbonyl (C=O) groups is 1. The number of thiazole rings is 1. The van der Waals surface area contributed by atoms with E-state index in [-0.39, 0.29) is 65.0 Å². The molecule has 684 valence electrons. The maximum Gasteiger partial charge on any atom is 0.269 e. The number of aromatic nitrogens is 19. The van der Waals surface area contributed by atoms with E-state index < -0.39 is 5.91 Å². The summed E-state index contributed by atoms with van der Waals surface area (Å²) in [6.07, 6.45) is 21.8. The highest BCUT2D eigenvalue weighted by Crippen LogP contribution is 2.29. The third kappa shape index (κ3) is 40.7. The number of primary amides is 1. The molecule has 0 spiro atoms. The lowest BCUT2D eigenvalue weighted by Gasteiger charge is -2.19. The number of H-pyrrole nitrogens is 1. The number of carbonyl (C=O) groups excluding carboxylic acids is 1. The highest BCUT2D eigenvalue weighted by molar-refractivity contribution is 7.09. The van der Waals surface area contributed by atoms with Crippen molar-refractivity contribution in [3.05, 3.63) is 214 Å². The zero-order valence-electron chi connectivity index (χ0n) is 84.9. The number of imidazole rings is 2. The molecule has 12 heterocycles. The third-order valence-electron chi connectivity index (χ3n) is 18.4. The minimum absolute atomic E-state index is 0.0271. The molecule has 11 aromatic heterocycles. The number of nitrogens with zero attached hydrogens (tertiary/aromatic N) is 20. The van der Waals surface area contributed by atoms with E-state index in [0.29, 0.717) is 12.4 Å². The SMILES string of the molecule is CC(C)(C)c1cc(C(N)=O)n[nH]1.CC(C)(C)c1ccccn1.CC(C)(C)c1cccnc1.CC1=NCN=C1C(C)(C)C.CCn1ncnc1C(C)(C)C.Cc1ocnc1C(C)(C)C.Cc1scnc1C(C)(C)C.Cn1cccc1C(C)(C)C.Cn1ccnc1C(C)(C)C.Cn1ccnc1C(C)(C)C.Cn1nccc1C(C)(C)C.Cn1ncnc1C(C)(C)C. The molecule has 0 bridgehead atoms. The van der Waals surface area contributed by atoms with Gasteiger partial charge in [-0.15, -0.1) is 11.3 Å². The molecule has 12 rings (SSSR count). The van der Waals surface area contributed by atoms with Gasteiger partial charge in [0, 0.05) is 185 Å². The second-order valence-electron chi connectivity index (χ2n) is 43.1. The Morgan fingerprint density at radius 3 is 1.19 bits per heavy atom. The number of aryl methyl sites for hydroxylation is 8. The van der Waals surface area contributed by atoms with Crippen molar-refractivity contribution in [2.24, 2.45) is 56.4 Å². The van der Waals surface area contributed by atoms with Crippen molar-refractivity contribution >= 4 is 28.7 Å². The van der Waals surface area contributed by atoms with E-state index in [1.807, 2.05) is 139 Å². The van der Waals surface area contributed by atoms with Crippen LogP contribution in [0.1, 0.15) is 347 Å². The molecule has 25 heteroatoms. The predicted molar refractivity (Wildman–Crippen MR) is 516 cm³/mol. The molecule has 0 aliphatic carbocycles. The van der Waals surface area contributed by atoms with Gasteiger partial charge in [-0.3, -0.25) is 39.2 Å². The van der Waals surface area contributed by atoms with Crippen LogP contribution in [0.15, 0.2) is 149 Å². The number of oxazole rings is 1. The van der Waals surface area contributed by atoms with Crippen LogP contribution < -0.4 is 5.73 Å². The zero-order valence-corrected chi connectivity index (χ0v) is 85.7. The van der Waals surface area contributed by atoms with Gasteiger partial charge in [0.2, 0.25) is 0 Å². The zero-order chi connectivity index (χ0) is 95.3. The Balaban J connectivity index is 0.000000671. The fourth-order valence-corrected chi connectivity index (χ4v) is 13.0. The molecule has 11 aromatic rings. The highest BCUT2D eigenvalue weighted by atomic mass is 32.1. The van der Waals surface area contributed by atoms with E-state index in [4.69, 9.17) is 10.2 Å². The molecule has 0 fully saturated rings. The smallest absolute Gasteiger partial charge is 0.269 e. The number of nitrogens with two attached hydrogens (primary N) is 1. The Hall–Kier alpha value is -9.65. The molecular weight excluding hydrogens is 1550 g/mol. The molecule has 123 heavy (non-hydrogen) atoms. The summed E-state index contributed by atoms with van der Waals surface area (Å²) in [5, 5.41) is 18.8. The minimum atomic E-state index is -0.498. The van der Waals surface area contributed by atoms with E-state index in [9.17, 15) is 4.79 Å². The van der Waals surface area contributed by atoms with Crippen LogP contribution in [0.4, 0.5) is 0 Å². The van der Waals surface area contributed by atoms with Gasteiger partial charge in [0.05, 0.1) is 28.3 Å². The third-order valence-corrected chi connectivity index (χ3v) is 19.1.